The Hall–Kier alpha value is -1.04. The Morgan fingerprint density at radius 2 is 2.19 bits per heavy atom. The third-order valence-electron chi connectivity index (χ3n) is 2.69. The zero-order valence-corrected chi connectivity index (χ0v) is 9.69. The predicted molar refractivity (Wildman–Crippen MR) is 62.6 cm³/mol. The molecule has 0 radical (unpaired) electrons. The molecule has 0 unspecified atom stereocenters. The van der Waals surface area contributed by atoms with Crippen LogP contribution >= 0.6 is 11.6 Å². The Kier molecular flexibility index (Phi) is 2.70. The van der Waals surface area contributed by atoms with Crippen LogP contribution in [-0.4, -0.2) is 23.6 Å². The number of rotatable bonds is 1. The molecule has 1 aliphatic heterocycles. The summed E-state index contributed by atoms with van der Waals surface area (Å²) in [5, 5.41) is 21.6. The Morgan fingerprint density at radius 3 is 2.81 bits per heavy atom. The van der Waals surface area contributed by atoms with Gasteiger partial charge in [0.2, 0.25) is 0 Å². The fraction of sp³-hybridized carbons (Fsp3) is 0.300. The van der Waals surface area contributed by atoms with Crippen molar-refractivity contribution in [3.05, 3.63) is 28.3 Å². The Morgan fingerprint density at radius 1 is 1.50 bits per heavy atom. The van der Waals surface area contributed by atoms with Crippen molar-refractivity contribution in [2.45, 2.75) is 19.4 Å². The Balaban J connectivity index is 2.60. The first-order valence-electron chi connectivity index (χ1n) is 4.83. The minimum Gasteiger partial charge on any atom is -0.423 e. The summed E-state index contributed by atoms with van der Waals surface area (Å²) in [5.74, 6) is 0. The van der Waals surface area contributed by atoms with Crippen molar-refractivity contribution in [2.24, 2.45) is 5.16 Å². The summed E-state index contributed by atoms with van der Waals surface area (Å²) in [4.78, 5) is 0. The SMILES string of the molecule is CC1(C)OB(O)c2cc(/C=N/O)c(Cl)cc21. The van der Waals surface area contributed by atoms with E-state index < -0.39 is 12.7 Å². The molecule has 0 saturated carbocycles. The predicted octanol–water partition coefficient (Wildman–Crippen LogP) is 1.10. The molecule has 16 heavy (non-hydrogen) atoms. The van der Waals surface area contributed by atoms with E-state index in [4.69, 9.17) is 21.5 Å². The van der Waals surface area contributed by atoms with Gasteiger partial charge in [-0.2, -0.15) is 0 Å². The molecule has 1 aromatic carbocycles. The summed E-state index contributed by atoms with van der Waals surface area (Å²) in [7, 11) is -0.965. The molecule has 4 nitrogen and oxygen atoms in total. The molecule has 1 aromatic rings. The van der Waals surface area contributed by atoms with Gasteiger partial charge in [0.25, 0.3) is 0 Å². The van der Waals surface area contributed by atoms with Crippen molar-refractivity contribution in [3.63, 3.8) is 0 Å². The molecule has 2 N–H and O–H groups in total. The highest BCUT2D eigenvalue weighted by molar-refractivity contribution is 6.62. The third-order valence-corrected chi connectivity index (χ3v) is 3.01. The van der Waals surface area contributed by atoms with Gasteiger partial charge in [0.1, 0.15) is 0 Å². The van der Waals surface area contributed by atoms with Crippen LogP contribution in [0, 0.1) is 0 Å². The molecular formula is C10H11BClNO3. The lowest BCUT2D eigenvalue weighted by atomic mass is 9.77. The molecule has 0 spiro atoms. The molecule has 0 amide bonds. The van der Waals surface area contributed by atoms with Gasteiger partial charge in [-0.05, 0) is 30.9 Å². The van der Waals surface area contributed by atoms with Crippen molar-refractivity contribution in [1.29, 1.82) is 0 Å². The van der Waals surface area contributed by atoms with Crippen LogP contribution in [0.15, 0.2) is 17.3 Å². The van der Waals surface area contributed by atoms with Gasteiger partial charge in [-0.15, -0.1) is 0 Å². The van der Waals surface area contributed by atoms with E-state index in [2.05, 4.69) is 5.16 Å². The molecule has 0 atom stereocenters. The average molecular weight is 239 g/mol. The van der Waals surface area contributed by atoms with Crippen LogP contribution in [0.2, 0.25) is 5.02 Å². The first-order valence-corrected chi connectivity index (χ1v) is 5.21. The number of hydrogen-bond acceptors (Lipinski definition) is 4. The van der Waals surface area contributed by atoms with E-state index in [0.29, 0.717) is 16.0 Å². The normalized spacial score (nSPS) is 18.1. The molecule has 0 aromatic heterocycles. The summed E-state index contributed by atoms with van der Waals surface area (Å²) in [6.45, 7) is 3.72. The maximum Gasteiger partial charge on any atom is 0.492 e. The summed E-state index contributed by atoms with van der Waals surface area (Å²) >= 11 is 6.02. The van der Waals surface area contributed by atoms with Gasteiger partial charge in [-0.25, -0.2) is 0 Å². The highest BCUT2D eigenvalue weighted by atomic mass is 35.5. The number of benzene rings is 1. The van der Waals surface area contributed by atoms with Gasteiger partial charge < -0.3 is 14.9 Å². The summed E-state index contributed by atoms with van der Waals surface area (Å²) in [5.41, 5.74) is 1.49. The second kappa shape index (κ2) is 3.77. The largest absolute Gasteiger partial charge is 0.492 e. The van der Waals surface area contributed by atoms with Gasteiger partial charge in [-0.1, -0.05) is 22.8 Å². The smallest absolute Gasteiger partial charge is 0.423 e. The standard InChI is InChI=1S/C10H11BClNO3/c1-10(2)7-4-9(12)6(5-13-15)3-8(7)11(14)16-10/h3-5,14-15H,1-2H3/b13-5+. The second-order valence-electron chi connectivity index (χ2n) is 4.19. The number of nitrogens with zero attached hydrogens (tertiary/aromatic N) is 1. The first-order chi connectivity index (χ1) is 7.45. The Bertz CT molecular complexity index is 462. The quantitative estimate of drug-likeness (QED) is 0.334. The molecule has 6 heteroatoms. The van der Waals surface area contributed by atoms with Crippen LogP contribution in [-0.2, 0) is 10.3 Å². The molecule has 84 valence electrons. The number of hydrogen-bond donors (Lipinski definition) is 2. The van der Waals surface area contributed by atoms with Crippen molar-refractivity contribution < 1.29 is 14.9 Å². The maximum absolute atomic E-state index is 9.73. The molecule has 0 fully saturated rings. The monoisotopic (exact) mass is 239 g/mol. The summed E-state index contributed by atoms with van der Waals surface area (Å²) < 4.78 is 5.40. The molecule has 2 rings (SSSR count). The Labute approximate surface area is 98.6 Å². The molecule has 0 aliphatic carbocycles. The van der Waals surface area contributed by atoms with E-state index in [-0.39, 0.29) is 0 Å². The van der Waals surface area contributed by atoms with Crippen molar-refractivity contribution in [2.75, 3.05) is 0 Å². The molecular weight excluding hydrogens is 228 g/mol. The minimum atomic E-state index is -0.965. The van der Waals surface area contributed by atoms with Crippen molar-refractivity contribution in [3.8, 4) is 0 Å². The van der Waals surface area contributed by atoms with Crippen LogP contribution in [0.3, 0.4) is 0 Å². The highest BCUT2D eigenvalue weighted by Gasteiger charge is 2.41. The zero-order chi connectivity index (χ0) is 11.9. The third kappa shape index (κ3) is 1.71. The molecule has 0 bridgehead atoms. The zero-order valence-electron chi connectivity index (χ0n) is 8.94. The van der Waals surface area contributed by atoms with Crippen LogP contribution in [0.25, 0.3) is 0 Å². The lowest BCUT2D eigenvalue weighted by Crippen LogP contribution is -2.29. The van der Waals surface area contributed by atoms with Crippen LogP contribution in [0.1, 0.15) is 25.0 Å². The van der Waals surface area contributed by atoms with Gasteiger partial charge in [0.05, 0.1) is 11.8 Å². The van der Waals surface area contributed by atoms with E-state index in [1.807, 2.05) is 13.8 Å². The second-order valence-corrected chi connectivity index (χ2v) is 4.59. The average Bonchev–Trinajstić information content (AvgIpc) is 2.39. The number of halogens is 1. The van der Waals surface area contributed by atoms with E-state index in [1.54, 1.807) is 12.1 Å². The topological polar surface area (TPSA) is 62.0 Å². The highest BCUT2D eigenvalue weighted by Crippen LogP contribution is 2.32. The van der Waals surface area contributed by atoms with Crippen LogP contribution < -0.4 is 5.46 Å². The van der Waals surface area contributed by atoms with E-state index >= 15 is 0 Å². The minimum absolute atomic E-state index is 0.460. The van der Waals surface area contributed by atoms with E-state index in [9.17, 15) is 5.02 Å². The van der Waals surface area contributed by atoms with Gasteiger partial charge in [0, 0.05) is 10.6 Å². The van der Waals surface area contributed by atoms with Crippen LogP contribution in [0.4, 0.5) is 0 Å². The number of fused-ring (bicyclic) bond motifs is 1. The molecule has 0 saturated heterocycles. The molecule has 1 aliphatic rings. The van der Waals surface area contributed by atoms with Gasteiger partial charge in [0.15, 0.2) is 0 Å². The maximum atomic E-state index is 9.73. The summed E-state index contributed by atoms with van der Waals surface area (Å²) in [6.07, 6.45) is 1.22. The molecule has 1 heterocycles. The number of oxime groups is 1. The fourth-order valence-corrected chi connectivity index (χ4v) is 2.11. The lowest BCUT2D eigenvalue weighted by molar-refractivity contribution is 0.101. The fourth-order valence-electron chi connectivity index (χ4n) is 1.90. The van der Waals surface area contributed by atoms with Gasteiger partial charge in [-0.3, -0.25) is 0 Å². The van der Waals surface area contributed by atoms with Crippen molar-refractivity contribution in [1.82, 2.24) is 0 Å². The van der Waals surface area contributed by atoms with Crippen molar-refractivity contribution >= 4 is 30.4 Å². The lowest BCUT2D eigenvalue weighted by Gasteiger charge is -2.19. The van der Waals surface area contributed by atoms with E-state index in [1.165, 1.54) is 6.21 Å². The summed E-state index contributed by atoms with van der Waals surface area (Å²) in [6, 6.07) is 3.39. The van der Waals surface area contributed by atoms with Gasteiger partial charge >= 0.3 is 7.12 Å². The van der Waals surface area contributed by atoms with Crippen LogP contribution in [0.5, 0.6) is 0 Å². The van der Waals surface area contributed by atoms with E-state index in [0.717, 1.165) is 5.56 Å². The first kappa shape index (κ1) is 11.5.